The van der Waals surface area contributed by atoms with Crippen molar-refractivity contribution in [2.24, 2.45) is 0 Å². The van der Waals surface area contributed by atoms with Crippen molar-refractivity contribution in [3.8, 4) is 11.9 Å². The number of carbonyl (C=O) groups is 2. The third-order valence-corrected chi connectivity index (χ3v) is 7.38. The lowest BCUT2D eigenvalue weighted by Gasteiger charge is -2.36. The van der Waals surface area contributed by atoms with Gasteiger partial charge in [-0.15, -0.1) is 11.3 Å². The molecule has 5 rings (SSSR count). The van der Waals surface area contributed by atoms with Gasteiger partial charge in [-0.05, 0) is 35.7 Å². The molecule has 2 aliphatic heterocycles. The number of cyclic esters (lactones) is 1. The van der Waals surface area contributed by atoms with E-state index >= 15 is 0 Å². The molecule has 0 radical (unpaired) electrons. The van der Waals surface area contributed by atoms with Crippen molar-refractivity contribution < 1.29 is 23.8 Å². The Morgan fingerprint density at radius 2 is 1.79 bits per heavy atom. The van der Waals surface area contributed by atoms with Crippen molar-refractivity contribution in [1.29, 1.82) is 0 Å². The van der Waals surface area contributed by atoms with Gasteiger partial charge in [-0.3, -0.25) is 9.69 Å². The molecule has 0 saturated carbocycles. The summed E-state index contributed by atoms with van der Waals surface area (Å²) in [6.07, 6.45) is -0.458. The Labute approximate surface area is 224 Å². The summed E-state index contributed by atoms with van der Waals surface area (Å²) in [4.78, 5) is 40.3. The minimum Gasteiger partial charge on any atom is -0.481 e. The number of methoxy groups -OCH3 is 2. The molecule has 0 bridgehead atoms. The number of carbonyl (C=O) groups excluding carboxylic acids is 2. The molecule has 2 amide bonds. The van der Waals surface area contributed by atoms with Crippen molar-refractivity contribution >= 4 is 40.5 Å². The van der Waals surface area contributed by atoms with Gasteiger partial charge >= 0.3 is 12.1 Å². The Balaban J connectivity index is 1.13. The minimum atomic E-state index is -0.403. The molecule has 38 heavy (non-hydrogen) atoms. The fourth-order valence-electron chi connectivity index (χ4n) is 4.49. The predicted octanol–water partition coefficient (Wildman–Crippen LogP) is 2.57. The fourth-order valence-corrected chi connectivity index (χ4v) is 5.19. The lowest BCUT2D eigenvalue weighted by Crippen LogP contribution is -2.46. The van der Waals surface area contributed by atoms with E-state index in [1.807, 2.05) is 47.8 Å². The number of hydrogen-bond donors (Lipinski definition) is 1. The van der Waals surface area contributed by atoms with Gasteiger partial charge in [-0.1, -0.05) is 6.07 Å². The smallest absolute Gasteiger partial charge is 0.414 e. The van der Waals surface area contributed by atoms with Crippen LogP contribution in [0.25, 0.3) is 0 Å². The van der Waals surface area contributed by atoms with Gasteiger partial charge in [-0.2, -0.15) is 9.97 Å². The van der Waals surface area contributed by atoms with Crippen LogP contribution in [0.5, 0.6) is 11.9 Å². The molecule has 3 aromatic rings. The summed E-state index contributed by atoms with van der Waals surface area (Å²) >= 11 is 1.55. The summed E-state index contributed by atoms with van der Waals surface area (Å²) in [5.74, 6) is 1.16. The van der Waals surface area contributed by atoms with Gasteiger partial charge in [-0.25, -0.2) is 4.79 Å². The van der Waals surface area contributed by atoms with E-state index in [-0.39, 0.29) is 18.0 Å². The average Bonchev–Trinajstić information content (AvgIpc) is 3.61. The molecule has 0 spiro atoms. The van der Waals surface area contributed by atoms with Crippen LogP contribution in [0.3, 0.4) is 0 Å². The number of amides is 2. The zero-order valence-electron chi connectivity index (χ0n) is 21.3. The SMILES string of the molecule is COc1cc(N2CCN(c3ccc(N4CC(CNC(=O)Cc5cccs5)OC4=O)cc3)CC2)nc(OC)n1. The zero-order chi connectivity index (χ0) is 26.5. The number of ether oxygens (including phenoxy) is 3. The second-order valence-electron chi connectivity index (χ2n) is 8.92. The highest BCUT2D eigenvalue weighted by atomic mass is 32.1. The van der Waals surface area contributed by atoms with Crippen molar-refractivity contribution in [2.45, 2.75) is 12.5 Å². The quantitative estimate of drug-likeness (QED) is 0.440. The molecule has 1 N–H and O–H groups in total. The molecule has 1 aromatic carbocycles. The monoisotopic (exact) mass is 538 g/mol. The first-order valence-corrected chi connectivity index (χ1v) is 13.2. The maximum atomic E-state index is 12.5. The van der Waals surface area contributed by atoms with Crippen molar-refractivity contribution in [1.82, 2.24) is 15.3 Å². The number of rotatable bonds is 9. The molecule has 2 aliphatic rings. The van der Waals surface area contributed by atoms with Crippen molar-refractivity contribution in [3.63, 3.8) is 0 Å². The summed E-state index contributed by atoms with van der Waals surface area (Å²) < 4.78 is 15.9. The first kappa shape index (κ1) is 25.6. The predicted molar refractivity (Wildman–Crippen MR) is 145 cm³/mol. The Morgan fingerprint density at radius 3 is 2.47 bits per heavy atom. The van der Waals surface area contributed by atoms with E-state index in [1.165, 1.54) is 7.11 Å². The van der Waals surface area contributed by atoms with Gasteiger partial charge in [0.15, 0.2) is 0 Å². The third-order valence-electron chi connectivity index (χ3n) is 6.51. The van der Waals surface area contributed by atoms with Gasteiger partial charge < -0.3 is 29.3 Å². The second kappa shape index (κ2) is 11.5. The molecule has 0 aliphatic carbocycles. The maximum Gasteiger partial charge on any atom is 0.414 e. The highest BCUT2D eigenvalue weighted by Crippen LogP contribution is 2.27. The lowest BCUT2D eigenvalue weighted by atomic mass is 10.2. The van der Waals surface area contributed by atoms with Crippen LogP contribution in [0.2, 0.25) is 0 Å². The van der Waals surface area contributed by atoms with Crippen LogP contribution in [0.4, 0.5) is 22.0 Å². The van der Waals surface area contributed by atoms with Crippen molar-refractivity contribution in [3.05, 3.63) is 52.7 Å². The van der Waals surface area contributed by atoms with E-state index in [1.54, 1.807) is 23.3 Å². The largest absolute Gasteiger partial charge is 0.481 e. The van der Waals surface area contributed by atoms with E-state index in [0.29, 0.717) is 25.4 Å². The number of anilines is 3. The first-order chi connectivity index (χ1) is 18.5. The molecule has 1 atom stereocenters. The Morgan fingerprint density at radius 1 is 1.05 bits per heavy atom. The summed E-state index contributed by atoms with van der Waals surface area (Å²) in [5.41, 5.74) is 1.85. The number of aromatic nitrogens is 2. The summed E-state index contributed by atoms with van der Waals surface area (Å²) in [5, 5.41) is 4.81. The first-order valence-electron chi connectivity index (χ1n) is 12.4. The van der Waals surface area contributed by atoms with Crippen molar-refractivity contribution in [2.75, 3.05) is 68.2 Å². The van der Waals surface area contributed by atoms with Gasteiger partial charge in [0.1, 0.15) is 11.9 Å². The molecule has 2 saturated heterocycles. The minimum absolute atomic E-state index is 0.0793. The maximum absolute atomic E-state index is 12.5. The van der Waals surface area contributed by atoms with Crippen LogP contribution >= 0.6 is 11.3 Å². The third kappa shape index (κ3) is 5.91. The highest BCUT2D eigenvalue weighted by Gasteiger charge is 2.32. The van der Waals surface area contributed by atoms with Crippen LogP contribution in [0.15, 0.2) is 47.8 Å². The topological polar surface area (TPSA) is 109 Å². The molecule has 12 heteroatoms. The number of nitrogens with one attached hydrogen (secondary N) is 1. The molecular formula is C26H30N6O5S. The highest BCUT2D eigenvalue weighted by molar-refractivity contribution is 7.10. The molecule has 4 heterocycles. The lowest BCUT2D eigenvalue weighted by molar-refractivity contribution is -0.120. The van der Waals surface area contributed by atoms with E-state index in [2.05, 4.69) is 25.1 Å². The van der Waals surface area contributed by atoms with Crippen LogP contribution in [0.1, 0.15) is 4.88 Å². The molecule has 1 unspecified atom stereocenters. The number of hydrogen-bond acceptors (Lipinski definition) is 10. The number of nitrogens with zero attached hydrogens (tertiary/aromatic N) is 5. The van der Waals surface area contributed by atoms with Gasteiger partial charge in [0.2, 0.25) is 11.8 Å². The summed E-state index contributed by atoms with van der Waals surface area (Å²) in [6.45, 7) is 3.87. The van der Waals surface area contributed by atoms with E-state index in [4.69, 9.17) is 14.2 Å². The standard InChI is InChI=1S/C26H30N6O5S/c1-35-24-15-22(28-25(29-24)36-2)31-11-9-30(10-12-31)18-5-7-19(8-6-18)32-17-20(37-26(32)34)16-27-23(33)14-21-4-3-13-38-21/h3-8,13,15,20H,9-12,14,16-17H2,1-2H3,(H,27,33). The Bertz CT molecular complexity index is 1230. The number of benzene rings is 1. The van der Waals surface area contributed by atoms with E-state index in [0.717, 1.165) is 48.2 Å². The fraction of sp³-hybridized carbons (Fsp3) is 0.385. The summed E-state index contributed by atoms with van der Waals surface area (Å²) in [6, 6.07) is 13.8. The van der Waals surface area contributed by atoms with Crippen LogP contribution < -0.4 is 29.5 Å². The van der Waals surface area contributed by atoms with Crippen LogP contribution in [-0.4, -0.2) is 81.6 Å². The van der Waals surface area contributed by atoms with Gasteiger partial charge in [0, 0.05) is 48.5 Å². The molecule has 11 nitrogen and oxygen atoms in total. The molecule has 200 valence electrons. The van der Waals surface area contributed by atoms with Crippen LogP contribution in [-0.2, 0) is 16.0 Å². The zero-order valence-corrected chi connectivity index (χ0v) is 22.1. The average molecular weight is 539 g/mol. The van der Waals surface area contributed by atoms with Crippen LogP contribution in [0, 0.1) is 0 Å². The molecule has 2 fully saturated rings. The van der Waals surface area contributed by atoms with E-state index < -0.39 is 6.09 Å². The Hall–Kier alpha value is -4.06. The number of piperazine rings is 1. The van der Waals surface area contributed by atoms with E-state index in [9.17, 15) is 9.59 Å². The normalized spacial score (nSPS) is 17.4. The molecular weight excluding hydrogens is 508 g/mol. The Kier molecular flexibility index (Phi) is 7.78. The van der Waals surface area contributed by atoms with Gasteiger partial charge in [0.25, 0.3) is 0 Å². The molecule has 2 aromatic heterocycles. The van der Waals surface area contributed by atoms with Gasteiger partial charge in [0.05, 0.1) is 33.7 Å². The number of thiophene rings is 1. The second-order valence-corrected chi connectivity index (χ2v) is 9.95. The summed E-state index contributed by atoms with van der Waals surface area (Å²) in [7, 11) is 3.11.